The van der Waals surface area contributed by atoms with Crippen molar-refractivity contribution in [2.45, 2.75) is 44.4 Å². The van der Waals surface area contributed by atoms with Crippen molar-refractivity contribution in [3.63, 3.8) is 0 Å². The lowest BCUT2D eigenvalue weighted by Gasteiger charge is -2.41. The molecule has 90 valence electrons. The maximum absolute atomic E-state index is 4.72. The molecule has 0 aromatic carbocycles. The molecule has 4 heteroatoms. The van der Waals surface area contributed by atoms with Gasteiger partial charge in [-0.2, -0.15) is 11.8 Å². The van der Waals surface area contributed by atoms with Gasteiger partial charge >= 0.3 is 0 Å². The summed E-state index contributed by atoms with van der Waals surface area (Å²) in [5.74, 6) is 1.29. The zero-order chi connectivity index (χ0) is 11.6. The first-order valence-electron chi connectivity index (χ1n) is 5.98. The lowest BCUT2D eigenvalue weighted by Crippen LogP contribution is -2.51. The molecule has 16 heavy (non-hydrogen) atoms. The summed E-state index contributed by atoms with van der Waals surface area (Å²) >= 11 is 3.88. The summed E-state index contributed by atoms with van der Waals surface area (Å²) in [7, 11) is 0. The van der Waals surface area contributed by atoms with Crippen LogP contribution in [-0.4, -0.2) is 22.5 Å². The number of nitrogens with zero attached hydrogens (tertiary/aromatic N) is 1. The Kier molecular flexibility index (Phi) is 3.93. The molecule has 1 aromatic rings. The maximum Gasteiger partial charge on any atom is 0.114 e. The molecule has 0 bridgehead atoms. The fourth-order valence-corrected chi connectivity index (χ4v) is 4.85. The average molecular weight is 256 g/mol. The van der Waals surface area contributed by atoms with Gasteiger partial charge in [-0.25, -0.2) is 4.98 Å². The average Bonchev–Trinajstić information content (AvgIpc) is 2.69. The molecular weight excluding hydrogens is 236 g/mol. The first-order chi connectivity index (χ1) is 7.69. The van der Waals surface area contributed by atoms with Gasteiger partial charge in [-0.15, -0.1) is 11.3 Å². The quantitative estimate of drug-likeness (QED) is 0.899. The molecule has 2 nitrogen and oxygen atoms in total. The molecule has 0 amide bonds. The second-order valence-electron chi connectivity index (χ2n) is 4.41. The molecule has 1 aromatic heterocycles. The summed E-state index contributed by atoms with van der Waals surface area (Å²) in [6, 6.07) is 0. The highest BCUT2D eigenvalue weighted by Crippen LogP contribution is 2.42. The molecule has 1 fully saturated rings. The van der Waals surface area contributed by atoms with Crippen molar-refractivity contribution in [2.75, 3.05) is 12.3 Å². The van der Waals surface area contributed by atoms with E-state index < -0.39 is 0 Å². The van der Waals surface area contributed by atoms with Crippen molar-refractivity contribution in [3.8, 4) is 0 Å². The molecule has 2 atom stereocenters. The number of thiazole rings is 1. The molecular formula is C12H20N2S2. The molecule has 1 saturated heterocycles. The standard InChI is InChI=1S/C12H20N2S2/c1-4-13-12(6-5-7-15-10(12)3)11-14-9(2)8-16-11/h8,10,13H,4-7H2,1-3H3. The Morgan fingerprint density at radius 2 is 2.44 bits per heavy atom. The lowest BCUT2D eigenvalue weighted by molar-refractivity contribution is 0.301. The van der Waals surface area contributed by atoms with Crippen molar-refractivity contribution in [1.29, 1.82) is 0 Å². The number of aryl methyl sites for hydroxylation is 1. The third-order valence-electron chi connectivity index (χ3n) is 3.27. The van der Waals surface area contributed by atoms with Gasteiger partial charge in [0.25, 0.3) is 0 Å². The maximum atomic E-state index is 4.72. The second-order valence-corrected chi connectivity index (χ2v) is 6.72. The Morgan fingerprint density at radius 3 is 3.00 bits per heavy atom. The molecule has 2 heterocycles. The van der Waals surface area contributed by atoms with Crippen LogP contribution in [0.3, 0.4) is 0 Å². The number of rotatable bonds is 3. The number of thioether (sulfide) groups is 1. The van der Waals surface area contributed by atoms with Crippen LogP contribution in [0.1, 0.15) is 37.4 Å². The topological polar surface area (TPSA) is 24.9 Å². The van der Waals surface area contributed by atoms with E-state index in [1.165, 1.54) is 23.6 Å². The monoisotopic (exact) mass is 256 g/mol. The van der Waals surface area contributed by atoms with Crippen molar-refractivity contribution in [3.05, 3.63) is 16.1 Å². The van der Waals surface area contributed by atoms with E-state index in [1.54, 1.807) is 0 Å². The highest BCUT2D eigenvalue weighted by atomic mass is 32.2. The first kappa shape index (κ1) is 12.4. The summed E-state index contributed by atoms with van der Waals surface area (Å²) in [4.78, 5) is 4.72. The van der Waals surface area contributed by atoms with Gasteiger partial charge < -0.3 is 5.32 Å². The highest BCUT2D eigenvalue weighted by molar-refractivity contribution is 8.00. The molecule has 0 spiro atoms. The van der Waals surface area contributed by atoms with Crippen LogP contribution in [0.4, 0.5) is 0 Å². The smallest absolute Gasteiger partial charge is 0.114 e. The van der Waals surface area contributed by atoms with E-state index >= 15 is 0 Å². The zero-order valence-corrected chi connectivity index (χ0v) is 11.9. The fourth-order valence-electron chi connectivity index (χ4n) is 2.42. The number of hydrogen-bond acceptors (Lipinski definition) is 4. The van der Waals surface area contributed by atoms with Crippen LogP contribution in [0.15, 0.2) is 5.38 Å². The Balaban J connectivity index is 2.33. The van der Waals surface area contributed by atoms with Crippen molar-refractivity contribution in [2.24, 2.45) is 0 Å². The Morgan fingerprint density at radius 1 is 1.62 bits per heavy atom. The minimum Gasteiger partial charge on any atom is -0.305 e. The Hall–Kier alpha value is -0.0600. The molecule has 2 unspecified atom stereocenters. The van der Waals surface area contributed by atoms with Gasteiger partial charge in [-0.1, -0.05) is 13.8 Å². The minimum absolute atomic E-state index is 0.122. The molecule has 0 saturated carbocycles. The fraction of sp³-hybridized carbons (Fsp3) is 0.750. The predicted molar refractivity (Wildman–Crippen MR) is 73.4 cm³/mol. The van der Waals surface area contributed by atoms with Gasteiger partial charge in [0.1, 0.15) is 5.01 Å². The SMILES string of the molecule is CCNC1(c2nc(C)cs2)CCCSC1C. The van der Waals surface area contributed by atoms with Crippen molar-refractivity contribution >= 4 is 23.1 Å². The third-order valence-corrected chi connectivity index (χ3v) is 5.83. The van der Waals surface area contributed by atoms with Crippen LogP contribution >= 0.6 is 23.1 Å². The number of nitrogens with one attached hydrogen (secondary N) is 1. The molecule has 1 aliphatic heterocycles. The predicted octanol–water partition coefficient (Wildman–Crippen LogP) is 3.17. The van der Waals surface area contributed by atoms with Crippen LogP contribution in [0.5, 0.6) is 0 Å². The van der Waals surface area contributed by atoms with E-state index in [2.05, 4.69) is 43.2 Å². The summed E-state index contributed by atoms with van der Waals surface area (Å²) in [5, 5.41) is 7.77. The van der Waals surface area contributed by atoms with E-state index in [4.69, 9.17) is 4.98 Å². The molecule has 1 N–H and O–H groups in total. The van der Waals surface area contributed by atoms with E-state index in [9.17, 15) is 0 Å². The summed E-state index contributed by atoms with van der Waals surface area (Å²) in [6.45, 7) is 7.63. The normalized spacial score (nSPS) is 30.6. The van der Waals surface area contributed by atoms with Gasteiger partial charge in [0.15, 0.2) is 0 Å². The number of hydrogen-bond donors (Lipinski definition) is 1. The lowest BCUT2D eigenvalue weighted by atomic mass is 9.90. The number of aromatic nitrogens is 1. The summed E-state index contributed by atoms with van der Waals surface area (Å²) in [6.07, 6.45) is 2.52. The first-order valence-corrected chi connectivity index (χ1v) is 7.91. The van der Waals surface area contributed by atoms with Crippen LogP contribution in [0.25, 0.3) is 0 Å². The summed E-state index contributed by atoms with van der Waals surface area (Å²) < 4.78 is 0. The van der Waals surface area contributed by atoms with Gasteiger partial charge in [0, 0.05) is 16.3 Å². The molecule has 1 aliphatic rings. The van der Waals surface area contributed by atoms with Crippen molar-refractivity contribution in [1.82, 2.24) is 10.3 Å². The van der Waals surface area contributed by atoms with Gasteiger partial charge in [-0.05, 0) is 32.1 Å². The van der Waals surface area contributed by atoms with E-state index in [-0.39, 0.29) is 5.54 Å². The molecule has 0 radical (unpaired) electrons. The highest BCUT2D eigenvalue weighted by Gasteiger charge is 2.41. The molecule has 2 rings (SSSR count). The van der Waals surface area contributed by atoms with Crippen LogP contribution in [0.2, 0.25) is 0 Å². The van der Waals surface area contributed by atoms with Gasteiger partial charge in [-0.3, -0.25) is 0 Å². The van der Waals surface area contributed by atoms with E-state index in [1.807, 2.05) is 11.3 Å². The van der Waals surface area contributed by atoms with Crippen molar-refractivity contribution < 1.29 is 0 Å². The van der Waals surface area contributed by atoms with Crippen LogP contribution in [0, 0.1) is 6.92 Å². The third kappa shape index (κ3) is 2.15. The van der Waals surface area contributed by atoms with Crippen LogP contribution in [-0.2, 0) is 5.54 Å². The van der Waals surface area contributed by atoms with Gasteiger partial charge in [0.2, 0.25) is 0 Å². The van der Waals surface area contributed by atoms with Crippen LogP contribution < -0.4 is 5.32 Å². The Bertz CT molecular complexity index is 347. The largest absolute Gasteiger partial charge is 0.305 e. The van der Waals surface area contributed by atoms with Gasteiger partial charge in [0.05, 0.1) is 5.54 Å². The minimum atomic E-state index is 0.122. The summed E-state index contributed by atoms with van der Waals surface area (Å²) in [5.41, 5.74) is 1.27. The molecule has 0 aliphatic carbocycles. The zero-order valence-electron chi connectivity index (χ0n) is 10.2. The Labute approximate surface area is 106 Å². The van der Waals surface area contributed by atoms with E-state index in [0.29, 0.717) is 5.25 Å². The van der Waals surface area contributed by atoms with E-state index in [0.717, 1.165) is 12.2 Å². The second kappa shape index (κ2) is 5.07.